The van der Waals surface area contributed by atoms with Crippen LogP contribution in [0, 0.1) is 5.92 Å². The van der Waals surface area contributed by atoms with Crippen LogP contribution in [0.1, 0.15) is 56.0 Å². The number of imide groups is 1. The number of nitrogens with one attached hydrogen (secondary N) is 2. The smallest absolute Gasteiger partial charge is 0.317 e. The lowest BCUT2D eigenvalue weighted by atomic mass is 9.87. The third-order valence-corrected chi connectivity index (χ3v) is 7.66. The normalized spacial score (nSPS) is 24.2. The second-order valence-electron chi connectivity index (χ2n) is 9.66. The molecule has 0 radical (unpaired) electrons. The molecule has 4 heterocycles. The molecule has 0 unspecified atom stereocenters. The first kappa shape index (κ1) is 21.4. The summed E-state index contributed by atoms with van der Waals surface area (Å²) in [5, 5.41) is 5.84. The molecule has 1 atom stereocenters. The van der Waals surface area contributed by atoms with Gasteiger partial charge in [-0.1, -0.05) is 12.1 Å². The van der Waals surface area contributed by atoms with E-state index in [2.05, 4.69) is 21.6 Å². The van der Waals surface area contributed by atoms with Crippen LogP contribution in [-0.2, 0) is 16.6 Å². The van der Waals surface area contributed by atoms with Crippen LogP contribution in [0.25, 0.3) is 11.0 Å². The van der Waals surface area contributed by atoms with Gasteiger partial charge in [0.1, 0.15) is 6.04 Å². The maximum absolute atomic E-state index is 13.2. The van der Waals surface area contributed by atoms with Crippen LogP contribution >= 0.6 is 0 Å². The molecule has 0 saturated carbocycles. The summed E-state index contributed by atoms with van der Waals surface area (Å²) in [6.45, 7) is 5.66. The number of fused-ring (bicyclic) bond motifs is 1. The Morgan fingerprint density at radius 3 is 2.47 bits per heavy atom. The van der Waals surface area contributed by atoms with Crippen molar-refractivity contribution < 1.29 is 9.59 Å². The van der Waals surface area contributed by atoms with Crippen LogP contribution in [-0.4, -0.2) is 58.6 Å². The van der Waals surface area contributed by atoms with Crippen molar-refractivity contribution in [2.24, 2.45) is 13.0 Å². The summed E-state index contributed by atoms with van der Waals surface area (Å²) < 4.78 is 3.28. The molecular weight excluding hydrogens is 406 g/mol. The van der Waals surface area contributed by atoms with E-state index in [1.165, 1.54) is 24.9 Å². The zero-order chi connectivity index (χ0) is 22.2. The third-order valence-electron chi connectivity index (χ3n) is 7.66. The van der Waals surface area contributed by atoms with Crippen molar-refractivity contribution in [2.45, 2.75) is 50.5 Å². The number of piperidine rings is 3. The maximum Gasteiger partial charge on any atom is 0.329 e. The molecule has 1 aromatic heterocycles. The largest absolute Gasteiger partial charge is 0.329 e. The number of hydrogen-bond acceptors (Lipinski definition) is 5. The third kappa shape index (κ3) is 3.90. The maximum atomic E-state index is 13.2. The fraction of sp³-hybridized carbons (Fsp3) is 0.625. The molecule has 0 aliphatic carbocycles. The van der Waals surface area contributed by atoms with Crippen LogP contribution in [0.2, 0.25) is 0 Å². The van der Waals surface area contributed by atoms with E-state index in [0.717, 1.165) is 56.0 Å². The number of hydrogen-bond donors (Lipinski definition) is 2. The van der Waals surface area contributed by atoms with Crippen molar-refractivity contribution in [1.29, 1.82) is 0 Å². The highest BCUT2D eigenvalue weighted by Crippen LogP contribution is 2.34. The van der Waals surface area contributed by atoms with Gasteiger partial charge in [0.15, 0.2) is 0 Å². The van der Waals surface area contributed by atoms with Gasteiger partial charge in [-0.15, -0.1) is 0 Å². The number of likely N-dealkylation sites (tertiary alicyclic amines) is 1. The lowest BCUT2D eigenvalue weighted by Crippen LogP contribution is -2.44. The standard InChI is InChI=1S/C24H33N5O3/c1-27-22-18(17-9-13-28(14-10-17)15-16-7-11-25-12-8-16)3-2-4-19(22)29(24(27)32)20-5-6-21(30)26-23(20)31/h2-4,16-17,20,25H,5-15H2,1H3,(H,26,30,31)/t20-/m0/s1. The molecule has 8 heteroatoms. The molecule has 8 nitrogen and oxygen atoms in total. The Labute approximate surface area is 187 Å². The van der Waals surface area contributed by atoms with Crippen LogP contribution < -0.4 is 16.3 Å². The monoisotopic (exact) mass is 439 g/mol. The van der Waals surface area contributed by atoms with Crippen LogP contribution in [0.5, 0.6) is 0 Å². The molecule has 2 amide bonds. The van der Waals surface area contributed by atoms with Gasteiger partial charge in [-0.05, 0) is 81.7 Å². The zero-order valence-electron chi connectivity index (χ0n) is 18.8. The fourth-order valence-electron chi connectivity index (χ4n) is 5.88. The Kier molecular flexibility index (Phi) is 5.90. The van der Waals surface area contributed by atoms with Crippen LogP contribution in [0.3, 0.4) is 0 Å². The van der Waals surface area contributed by atoms with Gasteiger partial charge in [-0.3, -0.25) is 24.0 Å². The van der Waals surface area contributed by atoms with Crippen LogP contribution in [0.15, 0.2) is 23.0 Å². The Hall–Kier alpha value is -2.45. The predicted octanol–water partition coefficient (Wildman–Crippen LogP) is 1.50. The number of imidazole rings is 1. The summed E-state index contributed by atoms with van der Waals surface area (Å²) in [7, 11) is 1.79. The van der Waals surface area contributed by atoms with Gasteiger partial charge in [0.05, 0.1) is 11.0 Å². The molecule has 2 aromatic rings. The Morgan fingerprint density at radius 2 is 1.75 bits per heavy atom. The summed E-state index contributed by atoms with van der Waals surface area (Å²) in [5.74, 6) is 0.565. The first-order valence-electron chi connectivity index (χ1n) is 12.0. The minimum absolute atomic E-state index is 0.190. The van der Waals surface area contributed by atoms with Gasteiger partial charge in [-0.2, -0.15) is 0 Å². The highest BCUT2D eigenvalue weighted by molar-refractivity contribution is 6.00. The number of rotatable bonds is 4. The Bertz CT molecular complexity index is 1070. The number of aryl methyl sites for hydroxylation is 1. The molecular formula is C24H33N5O3. The molecule has 2 N–H and O–H groups in total. The van der Waals surface area contributed by atoms with Crippen molar-refractivity contribution in [2.75, 3.05) is 32.7 Å². The molecule has 3 fully saturated rings. The zero-order valence-corrected chi connectivity index (χ0v) is 18.8. The summed E-state index contributed by atoms with van der Waals surface area (Å²) in [4.78, 5) is 39.9. The first-order chi connectivity index (χ1) is 15.5. The minimum atomic E-state index is -0.633. The molecule has 0 bridgehead atoms. The molecule has 3 saturated heterocycles. The summed E-state index contributed by atoms with van der Waals surface area (Å²) in [6, 6.07) is 5.44. The van der Waals surface area contributed by atoms with Gasteiger partial charge in [-0.25, -0.2) is 4.79 Å². The van der Waals surface area contributed by atoms with E-state index >= 15 is 0 Å². The quantitative estimate of drug-likeness (QED) is 0.705. The van der Waals surface area contributed by atoms with Gasteiger partial charge >= 0.3 is 5.69 Å². The second-order valence-corrected chi connectivity index (χ2v) is 9.66. The Morgan fingerprint density at radius 1 is 1.00 bits per heavy atom. The van der Waals surface area contributed by atoms with E-state index in [1.807, 2.05) is 12.1 Å². The molecule has 3 aliphatic heterocycles. The second kappa shape index (κ2) is 8.83. The van der Waals surface area contributed by atoms with E-state index in [-0.39, 0.29) is 23.9 Å². The number of nitrogens with zero attached hydrogens (tertiary/aromatic N) is 3. The minimum Gasteiger partial charge on any atom is -0.317 e. The van der Waals surface area contributed by atoms with Crippen molar-refractivity contribution >= 4 is 22.8 Å². The average Bonchev–Trinajstić information content (AvgIpc) is 3.06. The van der Waals surface area contributed by atoms with Gasteiger partial charge in [0.2, 0.25) is 11.8 Å². The van der Waals surface area contributed by atoms with Crippen molar-refractivity contribution in [3.05, 3.63) is 34.2 Å². The Balaban J connectivity index is 1.38. The molecule has 32 heavy (non-hydrogen) atoms. The fourth-order valence-corrected chi connectivity index (χ4v) is 5.88. The molecule has 0 spiro atoms. The van der Waals surface area contributed by atoms with Crippen molar-refractivity contribution in [3.63, 3.8) is 0 Å². The van der Waals surface area contributed by atoms with Crippen molar-refractivity contribution in [3.8, 4) is 0 Å². The highest BCUT2D eigenvalue weighted by atomic mass is 16.2. The van der Waals surface area contributed by atoms with E-state index in [0.29, 0.717) is 12.3 Å². The number of carbonyl (C=O) groups excluding carboxylic acids is 2. The van der Waals surface area contributed by atoms with E-state index in [1.54, 1.807) is 16.2 Å². The summed E-state index contributed by atoms with van der Waals surface area (Å²) in [6.07, 6.45) is 5.34. The summed E-state index contributed by atoms with van der Waals surface area (Å²) >= 11 is 0. The predicted molar refractivity (Wildman–Crippen MR) is 123 cm³/mol. The first-order valence-corrected chi connectivity index (χ1v) is 12.0. The number of carbonyl (C=O) groups is 2. The lowest BCUT2D eigenvalue weighted by Gasteiger charge is -2.35. The van der Waals surface area contributed by atoms with Crippen LogP contribution in [0.4, 0.5) is 0 Å². The molecule has 5 rings (SSSR count). The number of amides is 2. The van der Waals surface area contributed by atoms with Crippen molar-refractivity contribution in [1.82, 2.24) is 24.7 Å². The number of benzene rings is 1. The average molecular weight is 440 g/mol. The van der Waals surface area contributed by atoms with E-state index in [4.69, 9.17) is 0 Å². The SMILES string of the molecule is Cn1c(=O)n([C@H]2CCC(=O)NC2=O)c2cccc(C3CCN(CC4CCNCC4)CC3)c21. The lowest BCUT2D eigenvalue weighted by molar-refractivity contribution is -0.135. The van der Waals surface area contributed by atoms with E-state index < -0.39 is 6.04 Å². The molecule has 1 aromatic carbocycles. The van der Waals surface area contributed by atoms with Gasteiger partial charge in [0, 0.05) is 20.0 Å². The highest BCUT2D eigenvalue weighted by Gasteiger charge is 2.32. The number of para-hydroxylation sites is 1. The molecule has 3 aliphatic rings. The summed E-state index contributed by atoms with van der Waals surface area (Å²) in [5.41, 5.74) is 2.74. The molecule has 172 valence electrons. The number of aromatic nitrogens is 2. The van der Waals surface area contributed by atoms with Gasteiger partial charge in [0.25, 0.3) is 0 Å². The topological polar surface area (TPSA) is 88.4 Å². The van der Waals surface area contributed by atoms with Gasteiger partial charge < -0.3 is 10.2 Å². The van der Waals surface area contributed by atoms with E-state index in [9.17, 15) is 14.4 Å².